The zero-order valence-corrected chi connectivity index (χ0v) is 12.6. The molecule has 1 fully saturated rings. The maximum Gasteiger partial charge on any atom is 0.0991 e. The summed E-state index contributed by atoms with van der Waals surface area (Å²) >= 11 is 0. The lowest BCUT2D eigenvalue weighted by molar-refractivity contribution is 0.162. The van der Waals surface area contributed by atoms with E-state index in [0.717, 1.165) is 25.2 Å². The molecular formula is C17H25N3. The molecule has 0 saturated carbocycles. The van der Waals surface area contributed by atoms with E-state index < -0.39 is 0 Å². The number of likely N-dealkylation sites (tertiary alicyclic amines) is 1. The van der Waals surface area contributed by atoms with E-state index in [-0.39, 0.29) is 0 Å². The Morgan fingerprint density at radius 2 is 2.25 bits per heavy atom. The average Bonchev–Trinajstić information content (AvgIpc) is 2.69. The fourth-order valence-corrected chi connectivity index (χ4v) is 3.42. The molecule has 2 rings (SSSR count). The van der Waals surface area contributed by atoms with Gasteiger partial charge < -0.3 is 5.32 Å². The SMILES string of the molecule is CCN1CCCCC(CNC)C1c1cccc(C#N)c1. The van der Waals surface area contributed by atoms with Crippen LogP contribution in [-0.4, -0.2) is 31.6 Å². The summed E-state index contributed by atoms with van der Waals surface area (Å²) in [5.41, 5.74) is 2.07. The Kier molecular flexibility index (Phi) is 5.58. The van der Waals surface area contributed by atoms with Gasteiger partial charge in [0, 0.05) is 6.04 Å². The molecule has 0 bridgehead atoms. The highest BCUT2D eigenvalue weighted by Gasteiger charge is 2.29. The molecule has 108 valence electrons. The first-order valence-electron chi connectivity index (χ1n) is 7.68. The van der Waals surface area contributed by atoms with Gasteiger partial charge in [-0.3, -0.25) is 4.90 Å². The van der Waals surface area contributed by atoms with Gasteiger partial charge in [-0.2, -0.15) is 5.26 Å². The van der Waals surface area contributed by atoms with E-state index in [4.69, 9.17) is 5.26 Å². The fourth-order valence-electron chi connectivity index (χ4n) is 3.42. The van der Waals surface area contributed by atoms with Gasteiger partial charge >= 0.3 is 0 Å². The molecule has 3 nitrogen and oxygen atoms in total. The molecule has 3 heteroatoms. The molecular weight excluding hydrogens is 246 g/mol. The van der Waals surface area contributed by atoms with Crippen LogP contribution >= 0.6 is 0 Å². The van der Waals surface area contributed by atoms with Gasteiger partial charge in [0.15, 0.2) is 0 Å². The summed E-state index contributed by atoms with van der Waals surface area (Å²) in [5, 5.41) is 12.5. The van der Waals surface area contributed by atoms with E-state index in [0.29, 0.717) is 12.0 Å². The van der Waals surface area contributed by atoms with Crippen molar-refractivity contribution in [2.24, 2.45) is 5.92 Å². The first-order chi connectivity index (χ1) is 9.80. The topological polar surface area (TPSA) is 39.1 Å². The highest BCUT2D eigenvalue weighted by molar-refractivity contribution is 5.34. The summed E-state index contributed by atoms with van der Waals surface area (Å²) in [6.45, 7) is 5.51. The predicted molar refractivity (Wildman–Crippen MR) is 82.4 cm³/mol. The molecule has 0 aromatic heterocycles. The lowest BCUT2D eigenvalue weighted by Crippen LogP contribution is -2.36. The quantitative estimate of drug-likeness (QED) is 0.915. The predicted octanol–water partition coefficient (Wildman–Crippen LogP) is 2.94. The number of nitriles is 1. The standard InChI is InChI=1S/C17H25N3/c1-3-20-10-5-4-8-16(13-19-2)17(20)15-9-6-7-14(11-15)12-18/h6-7,9,11,16-17,19H,3-5,8,10,13H2,1-2H3. The van der Waals surface area contributed by atoms with E-state index >= 15 is 0 Å². The molecule has 2 unspecified atom stereocenters. The van der Waals surface area contributed by atoms with Crippen LogP contribution in [0.5, 0.6) is 0 Å². The molecule has 1 aliphatic rings. The van der Waals surface area contributed by atoms with Gasteiger partial charge in [0.2, 0.25) is 0 Å². The number of rotatable bonds is 4. The van der Waals surface area contributed by atoms with E-state index in [1.807, 2.05) is 19.2 Å². The minimum absolute atomic E-state index is 0.434. The zero-order chi connectivity index (χ0) is 14.4. The highest BCUT2D eigenvalue weighted by atomic mass is 15.2. The maximum absolute atomic E-state index is 9.13. The van der Waals surface area contributed by atoms with Crippen molar-refractivity contribution in [1.82, 2.24) is 10.2 Å². The average molecular weight is 271 g/mol. The van der Waals surface area contributed by atoms with Gasteiger partial charge in [0.05, 0.1) is 11.6 Å². The Bertz CT molecular complexity index is 464. The van der Waals surface area contributed by atoms with Crippen molar-refractivity contribution < 1.29 is 0 Å². The maximum atomic E-state index is 9.13. The van der Waals surface area contributed by atoms with Crippen LogP contribution < -0.4 is 5.32 Å². The summed E-state index contributed by atoms with van der Waals surface area (Å²) in [6.07, 6.45) is 3.85. The minimum Gasteiger partial charge on any atom is -0.319 e. The highest BCUT2D eigenvalue weighted by Crippen LogP contribution is 2.34. The summed E-state index contributed by atoms with van der Waals surface area (Å²) in [7, 11) is 2.03. The molecule has 1 N–H and O–H groups in total. The van der Waals surface area contributed by atoms with Crippen LogP contribution in [0, 0.1) is 17.2 Å². The first-order valence-corrected chi connectivity index (χ1v) is 7.68. The molecule has 0 amide bonds. The van der Waals surface area contributed by atoms with Crippen molar-refractivity contribution in [1.29, 1.82) is 5.26 Å². The summed E-state index contributed by atoms with van der Waals surface area (Å²) in [5.74, 6) is 0.622. The summed E-state index contributed by atoms with van der Waals surface area (Å²) < 4.78 is 0. The monoisotopic (exact) mass is 271 g/mol. The second-order valence-electron chi connectivity index (χ2n) is 5.62. The molecule has 0 aliphatic carbocycles. The molecule has 1 aliphatic heterocycles. The molecule has 1 saturated heterocycles. The Hall–Kier alpha value is -1.37. The van der Waals surface area contributed by atoms with Gasteiger partial charge in [0.25, 0.3) is 0 Å². The zero-order valence-electron chi connectivity index (χ0n) is 12.6. The van der Waals surface area contributed by atoms with Crippen LogP contribution in [0.25, 0.3) is 0 Å². The number of hydrogen-bond donors (Lipinski definition) is 1. The largest absolute Gasteiger partial charge is 0.319 e. The third kappa shape index (κ3) is 3.39. The lowest BCUT2D eigenvalue weighted by Gasteiger charge is -2.35. The number of hydrogen-bond acceptors (Lipinski definition) is 3. The number of nitrogens with one attached hydrogen (secondary N) is 1. The van der Waals surface area contributed by atoms with E-state index in [1.165, 1.54) is 24.8 Å². The number of nitrogens with zero attached hydrogens (tertiary/aromatic N) is 2. The lowest BCUT2D eigenvalue weighted by atomic mass is 9.88. The van der Waals surface area contributed by atoms with Gasteiger partial charge in [0.1, 0.15) is 0 Å². The Balaban J connectivity index is 2.35. The number of benzene rings is 1. The summed E-state index contributed by atoms with van der Waals surface area (Å²) in [6, 6.07) is 10.9. The van der Waals surface area contributed by atoms with Crippen LogP contribution in [-0.2, 0) is 0 Å². The second kappa shape index (κ2) is 7.42. The van der Waals surface area contributed by atoms with Crippen LogP contribution in [0.3, 0.4) is 0 Å². The third-order valence-corrected chi connectivity index (χ3v) is 4.34. The van der Waals surface area contributed by atoms with Gasteiger partial charge in [-0.25, -0.2) is 0 Å². The molecule has 2 atom stereocenters. The smallest absolute Gasteiger partial charge is 0.0991 e. The van der Waals surface area contributed by atoms with Crippen molar-refractivity contribution in [3.63, 3.8) is 0 Å². The van der Waals surface area contributed by atoms with Crippen molar-refractivity contribution >= 4 is 0 Å². The van der Waals surface area contributed by atoms with Crippen LogP contribution in [0.15, 0.2) is 24.3 Å². The normalized spacial score (nSPS) is 24.1. The summed E-state index contributed by atoms with van der Waals surface area (Å²) in [4.78, 5) is 2.57. The molecule has 0 spiro atoms. The van der Waals surface area contributed by atoms with E-state index in [1.54, 1.807) is 0 Å². The van der Waals surface area contributed by atoms with Gasteiger partial charge in [-0.15, -0.1) is 0 Å². The molecule has 1 heterocycles. The van der Waals surface area contributed by atoms with Crippen molar-refractivity contribution in [2.75, 3.05) is 26.7 Å². The second-order valence-corrected chi connectivity index (χ2v) is 5.62. The van der Waals surface area contributed by atoms with Crippen LogP contribution in [0.1, 0.15) is 43.4 Å². The Morgan fingerprint density at radius 3 is 2.95 bits per heavy atom. The molecule has 1 aromatic carbocycles. The van der Waals surface area contributed by atoms with Crippen LogP contribution in [0.4, 0.5) is 0 Å². The van der Waals surface area contributed by atoms with Crippen molar-refractivity contribution in [3.8, 4) is 6.07 Å². The van der Waals surface area contributed by atoms with Crippen molar-refractivity contribution in [3.05, 3.63) is 35.4 Å². The Labute approximate surface area is 122 Å². The Morgan fingerprint density at radius 1 is 1.40 bits per heavy atom. The van der Waals surface area contributed by atoms with Gasteiger partial charge in [-0.1, -0.05) is 25.5 Å². The minimum atomic E-state index is 0.434. The fraction of sp³-hybridized carbons (Fsp3) is 0.588. The third-order valence-electron chi connectivity index (χ3n) is 4.34. The van der Waals surface area contributed by atoms with Gasteiger partial charge in [-0.05, 0) is 63.1 Å². The van der Waals surface area contributed by atoms with E-state index in [2.05, 4.69) is 35.3 Å². The molecule has 0 radical (unpaired) electrons. The molecule has 20 heavy (non-hydrogen) atoms. The van der Waals surface area contributed by atoms with E-state index in [9.17, 15) is 0 Å². The van der Waals surface area contributed by atoms with Crippen LogP contribution in [0.2, 0.25) is 0 Å². The molecule has 1 aromatic rings. The van der Waals surface area contributed by atoms with Crippen molar-refractivity contribution in [2.45, 2.75) is 32.2 Å². The first kappa shape index (κ1) is 15.0.